The highest BCUT2D eigenvalue weighted by molar-refractivity contribution is 7.91. The third-order valence-electron chi connectivity index (χ3n) is 4.30. The fourth-order valence-electron chi connectivity index (χ4n) is 2.99. The molecule has 27 heavy (non-hydrogen) atoms. The Morgan fingerprint density at radius 1 is 1.22 bits per heavy atom. The van der Waals surface area contributed by atoms with Crippen LogP contribution >= 0.6 is 0 Å². The number of imidazole rings is 1. The lowest BCUT2D eigenvalue weighted by Gasteiger charge is -2.09. The largest absolute Gasteiger partial charge is 0.347 e. The van der Waals surface area contributed by atoms with E-state index >= 15 is 0 Å². The van der Waals surface area contributed by atoms with Crippen LogP contribution in [0.1, 0.15) is 16.1 Å². The van der Waals surface area contributed by atoms with Gasteiger partial charge in [-0.2, -0.15) is 0 Å². The van der Waals surface area contributed by atoms with Gasteiger partial charge in [-0.3, -0.25) is 9.78 Å². The Bertz CT molecular complexity index is 1110. The number of benzene rings is 1. The molecule has 3 aromatic rings. The summed E-state index contributed by atoms with van der Waals surface area (Å²) in [6.45, 7) is 0.393. The number of nitrogens with one attached hydrogen (secondary N) is 1. The van der Waals surface area contributed by atoms with Gasteiger partial charge in [-0.25, -0.2) is 17.8 Å². The number of carbonyl (C=O) groups excluding carboxylic acids is 1. The molecule has 0 saturated heterocycles. The Morgan fingerprint density at radius 2 is 2.00 bits per heavy atom. The van der Waals surface area contributed by atoms with Gasteiger partial charge in [0.25, 0.3) is 5.91 Å². The predicted molar refractivity (Wildman–Crippen MR) is 95.1 cm³/mol. The van der Waals surface area contributed by atoms with Gasteiger partial charge in [0, 0.05) is 31.0 Å². The van der Waals surface area contributed by atoms with Crippen molar-refractivity contribution in [2.24, 2.45) is 0 Å². The number of carbonyl (C=O) groups is 1. The van der Waals surface area contributed by atoms with Crippen molar-refractivity contribution in [1.29, 1.82) is 0 Å². The van der Waals surface area contributed by atoms with Crippen molar-refractivity contribution in [2.45, 2.75) is 18.2 Å². The first-order valence-electron chi connectivity index (χ1n) is 8.22. The van der Waals surface area contributed by atoms with Crippen LogP contribution in [-0.2, 0) is 22.9 Å². The molecule has 0 spiro atoms. The average Bonchev–Trinajstić information content (AvgIpc) is 3.19. The Morgan fingerprint density at radius 3 is 2.70 bits per heavy atom. The number of amides is 1. The quantitative estimate of drug-likeness (QED) is 0.738. The van der Waals surface area contributed by atoms with Gasteiger partial charge in [-0.15, -0.1) is 0 Å². The summed E-state index contributed by atoms with van der Waals surface area (Å²) in [5.74, 6) is -0.975. The van der Waals surface area contributed by atoms with Gasteiger partial charge >= 0.3 is 0 Å². The second kappa shape index (κ2) is 6.58. The fraction of sp³-hybridized carbons (Fsp3) is 0.167. The molecule has 0 unspecified atom stereocenters. The maximum absolute atomic E-state index is 13.2. The molecule has 138 valence electrons. The molecule has 9 heteroatoms. The van der Waals surface area contributed by atoms with Crippen LogP contribution in [0.5, 0.6) is 0 Å². The maximum atomic E-state index is 13.2. The zero-order chi connectivity index (χ0) is 19.0. The highest BCUT2D eigenvalue weighted by atomic mass is 32.2. The highest BCUT2D eigenvalue weighted by Gasteiger charge is 2.35. The van der Waals surface area contributed by atoms with Crippen molar-refractivity contribution < 1.29 is 17.6 Å². The molecule has 7 nitrogen and oxygen atoms in total. The Balaban J connectivity index is 1.74. The Kier molecular flexibility index (Phi) is 4.23. The predicted octanol–water partition coefficient (Wildman–Crippen LogP) is 1.80. The number of rotatable bonds is 4. The van der Waals surface area contributed by atoms with Gasteiger partial charge < -0.3 is 9.88 Å². The molecule has 0 aliphatic carbocycles. The van der Waals surface area contributed by atoms with E-state index in [1.807, 2.05) is 6.07 Å². The first kappa shape index (κ1) is 17.3. The van der Waals surface area contributed by atoms with Crippen LogP contribution in [-0.4, -0.2) is 34.6 Å². The summed E-state index contributed by atoms with van der Waals surface area (Å²) >= 11 is 0. The number of pyridine rings is 1. The van der Waals surface area contributed by atoms with Gasteiger partial charge in [-0.05, 0) is 35.9 Å². The zero-order valence-electron chi connectivity index (χ0n) is 14.1. The van der Waals surface area contributed by atoms with E-state index < -0.39 is 21.6 Å². The molecule has 2 aromatic heterocycles. The van der Waals surface area contributed by atoms with Crippen molar-refractivity contribution in [2.75, 3.05) is 5.75 Å². The van der Waals surface area contributed by atoms with Crippen LogP contribution in [0.4, 0.5) is 4.39 Å². The molecule has 0 fully saturated rings. The van der Waals surface area contributed by atoms with Gasteiger partial charge in [-0.1, -0.05) is 6.07 Å². The van der Waals surface area contributed by atoms with Gasteiger partial charge in [0.15, 0.2) is 0 Å². The van der Waals surface area contributed by atoms with Gasteiger partial charge in [0.2, 0.25) is 15.0 Å². The van der Waals surface area contributed by atoms with E-state index in [1.165, 1.54) is 28.8 Å². The van der Waals surface area contributed by atoms with Crippen LogP contribution in [0.25, 0.3) is 11.3 Å². The zero-order valence-corrected chi connectivity index (χ0v) is 14.9. The summed E-state index contributed by atoms with van der Waals surface area (Å²) in [5.41, 5.74) is 1.65. The maximum Gasteiger partial charge on any atom is 0.270 e. The lowest BCUT2D eigenvalue weighted by molar-refractivity contribution is 0.0942. The van der Waals surface area contributed by atoms with Crippen molar-refractivity contribution in [1.82, 2.24) is 19.9 Å². The molecule has 0 bridgehead atoms. The number of aromatic nitrogens is 3. The van der Waals surface area contributed by atoms with E-state index in [0.717, 1.165) is 5.56 Å². The monoisotopic (exact) mass is 386 g/mol. The molecule has 1 aliphatic rings. The van der Waals surface area contributed by atoms with Gasteiger partial charge in [0.05, 0.1) is 5.75 Å². The van der Waals surface area contributed by atoms with Crippen LogP contribution in [0, 0.1) is 5.82 Å². The molecule has 0 atom stereocenters. The Labute approximate surface area is 154 Å². The summed E-state index contributed by atoms with van der Waals surface area (Å²) in [6, 6.07) is 9.00. The Hall–Kier alpha value is -3.07. The minimum atomic E-state index is -3.54. The molecule has 3 heterocycles. The molecule has 4 rings (SSSR count). The molecular weight excluding hydrogens is 371 g/mol. The number of halogens is 1. The van der Waals surface area contributed by atoms with Crippen LogP contribution < -0.4 is 5.32 Å². The number of hydrogen-bond donors (Lipinski definition) is 1. The van der Waals surface area contributed by atoms with Crippen LogP contribution in [0.2, 0.25) is 0 Å². The molecule has 1 aliphatic heterocycles. The number of sulfone groups is 1. The molecule has 1 aromatic carbocycles. The van der Waals surface area contributed by atoms with E-state index in [4.69, 9.17) is 0 Å². The normalized spacial score (nSPS) is 14.7. The smallest absolute Gasteiger partial charge is 0.270 e. The first-order valence-corrected chi connectivity index (χ1v) is 9.87. The summed E-state index contributed by atoms with van der Waals surface area (Å²) in [5, 5.41) is 2.64. The first-order chi connectivity index (χ1) is 13.0. The number of nitrogens with zero attached hydrogens (tertiary/aromatic N) is 3. The number of hydrogen-bond acceptors (Lipinski definition) is 5. The van der Waals surface area contributed by atoms with E-state index in [9.17, 15) is 17.6 Å². The summed E-state index contributed by atoms with van der Waals surface area (Å²) in [6.07, 6.45) is 3.26. The van der Waals surface area contributed by atoms with E-state index in [-0.39, 0.29) is 35.4 Å². The lowest BCUT2D eigenvalue weighted by Crippen LogP contribution is -2.26. The topological polar surface area (TPSA) is 93.9 Å². The standard InChI is InChI=1S/C18H15FN4O3S/c19-14-5-3-13(4-6-14)15-16(23-8-9-27(25,26)18(23)22-15)17(24)21-11-12-2-1-7-20-10-12/h1-7,10H,8-9,11H2,(H,21,24). The fourth-order valence-corrected chi connectivity index (χ4v) is 4.34. The second-order valence-corrected chi connectivity index (χ2v) is 8.12. The summed E-state index contributed by atoms with van der Waals surface area (Å²) in [7, 11) is -3.54. The second-order valence-electron chi connectivity index (χ2n) is 6.11. The van der Waals surface area contributed by atoms with Crippen LogP contribution in [0.3, 0.4) is 0 Å². The minimum Gasteiger partial charge on any atom is -0.347 e. The third kappa shape index (κ3) is 3.21. The molecular formula is C18H15FN4O3S. The lowest BCUT2D eigenvalue weighted by atomic mass is 10.1. The van der Waals surface area contributed by atoms with E-state index in [2.05, 4.69) is 15.3 Å². The molecule has 0 saturated carbocycles. The van der Waals surface area contributed by atoms with Crippen molar-refractivity contribution in [3.05, 3.63) is 65.9 Å². The summed E-state index contributed by atoms with van der Waals surface area (Å²) in [4.78, 5) is 21.0. The van der Waals surface area contributed by atoms with Crippen molar-refractivity contribution in [3.63, 3.8) is 0 Å². The minimum absolute atomic E-state index is 0.0953. The van der Waals surface area contributed by atoms with Crippen molar-refractivity contribution in [3.8, 4) is 11.3 Å². The van der Waals surface area contributed by atoms with E-state index in [0.29, 0.717) is 5.56 Å². The average molecular weight is 386 g/mol. The van der Waals surface area contributed by atoms with E-state index in [1.54, 1.807) is 18.5 Å². The molecule has 1 N–H and O–H groups in total. The highest BCUT2D eigenvalue weighted by Crippen LogP contribution is 2.30. The third-order valence-corrected chi connectivity index (χ3v) is 5.89. The van der Waals surface area contributed by atoms with Crippen molar-refractivity contribution >= 4 is 15.7 Å². The molecule has 0 radical (unpaired) electrons. The van der Waals surface area contributed by atoms with Gasteiger partial charge in [0.1, 0.15) is 17.2 Å². The van der Waals surface area contributed by atoms with Crippen LogP contribution in [0.15, 0.2) is 53.9 Å². The SMILES string of the molecule is O=C(NCc1cccnc1)c1c(-c2ccc(F)cc2)nc2n1CCS2(=O)=O. The number of fused-ring (bicyclic) bond motifs is 1. The molecule has 1 amide bonds. The summed E-state index contributed by atoms with van der Waals surface area (Å²) < 4.78 is 39.1.